The molecule has 3 N–H and O–H groups in total. The molecule has 0 unspecified atom stereocenters. The lowest BCUT2D eigenvalue weighted by molar-refractivity contribution is 0.339. The summed E-state index contributed by atoms with van der Waals surface area (Å²) in [5, 5.41) is 6.59. The Bertz CT molecular complexity index is 587. The summed E-state index contributed by atoms with van der Waals surface area (Å²) in [6.07, 6.45) is 6.59. The predicted molar refractivity (Wildman–Crippen MR) is 88.5 cm³/mol. The van der Waals surface area contributed by atoms with Crippen LogP contribution in [0, 0.1) is 12.8 Å². The summed E-state index contributed by atoms with van der Waals surface area (Å²) in [6.45, 7) is 3.03. The van der Waals surface area contributed by atoms with E-state index in [0.717, 1.165) is 47.4 Å². The Morgan fingerprint density at radius 1 is 1.33 bits per heavy atom. The van der Waals surface area contributed by atoms with Gasteiger partial charge in [-0.1, -0.05) is 0 Å². The molecule has 21 heavy (non-hydrogen) atoms. The Labute approximate surface area is 129 Å². The quantitative estimate of drug-likeness (QED) is 0.908. The van der Waals surface area contributed by atoms with E-state index in [1.807, 2.05) is 19.2 Å². The van der Waals surface area contributed by atoms with Gasteiger partial charge < -0.3 is 11.1 Å². The van der Waals surface area contributed by atoms with Gasteiger partial charge in [0.05, 0.1) is 5.69 Å². The van der Waals surface area contributed by atoms with Gasteiger partial charge in [0.2, 0.25) is 0 Å². The average Bonchev–Trinajstić information content (AvgIpc) is 2.96. The first-order valence-corrected chi connectivity index (χ1v) is 8.47. The summed E-state index contributed by atoms with van der Waals surface area (Å²) in [5.74, 6) is 0.734. The molecule has 0 spiro atoms. The fraction of sp³-hybridized carbons (Fsp3) is 0.500. The molecule has 0 bridgehead atoms. The van der Waals surface area contributed by atoms with Crippen molar-refractivity contribution >= 4 is 16.5 Å². The molecule has 1 fully saturated rings. The van der Waals surface area contributed by atoms with Crippen molar-refractivity contribution in [3.63, 3.8) is 0 Å². The fourth-order valence-corrected chi connectivity index (χ4v) is 3.58. The van der Waals surface area contributed by atoms with Crippen LogP contribution in [0.25, 0.3) is 11.3 Å². The van der Waals surface area contributed by atoms with Gasteiger partial charge in [0.15, 0.2) is 5.13 Å². The van der Waals surface area contributed by atoms with Crippen LogP contribution in [0.2, 0.25) is 0 Å². The van der Waals surface area contributed by atoms with Gasteiger partial charge in [-0.3, -0.25) is 4.98 Å². The van der Waals surface area contributed by atoms with Gasteiger partial charge in [-0.15, -0.1) is 11.3 Å². The van der Waals surface area contributed by atoms with Gasteiger partial charge in [-0.05, 0) is 50.7 Å². The number of aromatic nitrogens is 2. The third-order valence-electron chi connectivity index (χ3n) is 4.22. The molecule has 0 aliphatic heterocycles. The number of nitrogens with zero attached hydrogens (tertiary/aromatic N) is 2. The molecule has 0 radical (unpaired) electrons. The molecule has 4 nitrogen and oxygen atoms in total. The number of hydrogen-bond acceptors (Lipinski definition) is 5. The van der Waals surface area contributed by atoms with Crippen LogP contribution in [0.4, 0.5) is 5.13 Å². The second kappa shape index (κ2) is 6.54. The van der Waals surface area contributed by atoms with Crippen molar-refractivity contribution in [3.05, 3.63) is 29.4 Å². The Balaban J connectivity index is 1.59. The van der Waals surface area contributed by atoms with E-state index in [1.54, 1.807) is 11.3 Å². The Morgan fingerprint density at radius 3 is 2.90 bits per heavy atom. The number of anilines is 1. The molecule has 0 atom stereocenters. The molecule has 2 aromatic heterocycles. The third-order valence-corrected chi connectivity index (χ3v) is 5.02. The predicted octanol–water partition coefficient (Wildman–Crippen LogP) is 3.44. The monoisotopic (exact) mass is 302 g/mol. The van der Waals surface area contributed by atoms with E-state index in [2.05, 4.69) is 26.7 Å². The minimum Gasteiger partial charge on any atom is -0.361 e. The molecular weight excluding hydrogens is 280 g/mol. The maximum atomic E-state index is 5.95. The molecule has 1 aliphatic rings. The van der Waals surface area contributed by atoms with E-state index >= 15 is 0 Å². The van der Waals surface area contributed by atoms with Gasteiger partial charge >= 0.3 is 0 Å². The highest BCUT2D eigenvalue weighted by Crippen LogP contribution is 2.28. The smallest absolute Gasteiger partial charge is 0.183 e. The highest BCUT2D eigenvalue weighted by Gasteiger charge is 2.18. The van der Waals surface area contributed by atoms with Crippen molar-refractivity contribution in [2.45, 2.75) is 38.6 Å². The van der Waals surface area contributed by atoms with Crippen LogP contribution >= 0.6 is 11.3 Å². The van der Waals surface area contributed by atoms with Crippen LogP contribution in [0.15, 0.2) is 23.7 Å². The summed E-state index contributed by atoms with van der Waals surface area (Å²) in [5.41, 5.74) is 9.10. The zero-order valence-electron chi connectivity index (χ0n) is 12.4. The first kappa shape index (κ1) is 14.5. The van der Waals surface area contributed by atoms with Crippen molar-refractivity contribution in [2.24, 2.45) is 11.7 Å². The van der Waals surface area contributed by atoms with Gasteiger partial charge in [-0.25, -0.2) is 4.98 Å². The van der Waals surface area contributed by atoms with Crippen LogP contribution in [0.5, 0.6) is 0 Å². The second-order valence-corrected chi connectivity index (χ2v) is 6.69. The number of hydrogen-bond donors (Lipinski definition) is 2. The lowest BCUT2D eigenvalue weighted by Gasteiger charge is -2.25. The Kier molecular flexibility index (Phi) is 4.51. The molecule has 2 heterocycles. The topological polar surface area (TPSA) is 63.8 Å². The molecule has 1 aliphatic carbocycles. The summed E-state index contributed by atoms with van der Waals surface area (Å²) in [6, 6.07) is 4.45. The van der Waals surface area contributed by atoms with Crippen molar-refractivity contribution in [2.75, 3.05) is 11.9 Å². The molecule has 1 saturated carbocycles. The molecule has 0 amide bonds. The Morgan fingerprint density at radius 2 is 2.14 bits per heavy atom. The van der Waals surface area contributed by atoms with Crippen LogP contribution in [0.1, 0.15) is 31.4 Å². The van der Waals surface area contributed by atoms with E-state index in [0.29, 0.717) is 6.04 Å². The summed E-state index contributed by atoms with van der Waals surface area (Å²) >= 11 is 1.67. The number of pyridine rings is 1. The molecule has 5 heteroatoms. The van der Waals surface area contributed by atoms with Crippen LogP contribution < -0.4 is 11.1 Å². The van der Waals surface area contributed by atoms with Crippen LogP contribution in [0.3, 0.4) is 0 Å². The molecule has 3 rings (SSSR count). The van der Waals surface area contributed by atoms with E-state index < -0.39 is 0 Å². The van der Waals surface area contributed by atoms with Crippen molar-refractivity contribution in [1.82, 2.24) is 9.97 Å². The lowest BCUT2D eigenvalue weighted by atomic mass is 9.86. The summed E-state index contributed by atoms with van der Waals surface area (Å²) < 4.78 is 0. The molecule has 0 aromatic carbocycles. The first-order valence-electron chi connectivity index (χ1n) is 7.59. The lowest BCUT2D eigenvalue weighted by Crippen LogP contribution is -2.29. The number of aryl methyl sites for hydroxylation is 1. The number of nitrogens with one attached hydrogen (secondary N) is 1. The van der Waals surface area contributed by atoms with Gasteiger partial charge in [0.1, 0.15) is 0 Å². The highest BCUT2D eigenvalue weighted by atomic mass is 32.1. The second-order valence-electron chi connectivity index (χ2n) is 5.84. The molecule has 2 aromatic rings. The maximum Gasteiger partial charge on any atom is 0.183 e. The van der Waals surface area contributed by atoms with E-state index in [1.165, 1.54) is 12.8 Å². The van der Waals surface area contributed by atoms with Gasteiger partial charge in [0, 0.05) is 35.4 Å². The van der Waals surface area contributed by atoms with E-state index in [9.17, 15) is 0 Å². The van der Waals surface area contributed by atoms with E-state index in [4.69, 9.17) is 5.73 Å². The number of nitrogens with two attached hydrogens (primary N) is 1. The molecule has 0 saturated heterocycles. The van der Waals surface area contributed by atoms with Crippen LogP contribution in [-0.2, 0) is 0 Å². The van der Waals surface area contributed by atoms with Crippen molar-refractivity contribution in [1.29, 1.82) is 0 Å². The van der Waals surface area contributed by atoms with Gasteiger partial charge in [-0.2, -0.15) is 0 Å². The van der Waals surface area contributed by atoms with Crippen LogP contribution in [-0.4, -0.2) is 22.6 Å². The highest BCUT2D eigenvalue weighted by molar-refractivity contribution is 7.14. The zero-order chi connectivity index (χ0) is 14.7. The number of thiazole rings is 1. The summed E-state index contributed by atoms with van der Waals surface area (Å²) in [4.78, 5) is 9.01. The minimum atomic E-state index is 0.418. The normalized spacial score (nSPS) is 22.2. The fourth-order valence-electron chi connectivity index (χ4n) is 2.86. The molecular formula is C16H22N4S. The first-order chi connectivity index (χ1) is 10.2. The van der Waals surface area contributed by atoms with E-state index in [-0.39, 0.29) is 0 Å². The van der Waals surface area contributed by atoms with Crippen molar-refractivity contribution < 1.29 is 0 Å². The van der Waals surface area contributed by atoms with Gasteiger partial charge in [0.25, 0.3) is 0 Å². The maximum absolute atomic E-state index is 5.95. The minimum absolute atomic E-state index is 0.418. The number of rotatable bonds is 4. The Hall–Kier alpha value is -1.46. The largest absolute Gasteiger partial charge is 0.361 e. The zero-order valence-corrected chi connectivity index (χ0v) is 13.2. The summed E-state index contributed by atoms with van der Waals surface area (Å²) in [7, 11) is 0. The third kappa shape index (κ3) is 3.60. The standard InChI is InChI=1S/C16H22N4S/c1-11-14(3-2-8-18-11)15-10-21-16(20-15)19-9-12-4-6-13(17)7-5-12/h2-3,8,10,12-13H,4-7,9,17H2,1H3,(H,19,20). The molecule has 112 valence electrons. The van der Waals surface area contributed by atoms with Crippen molar-refractivity contribution in [3.8, 4) is 11.3 Å². The SMILES string of the molecule is Cc1ncccc1-c1csc(NCC2CCC(N)CC2)n1. The average molecular weight is 302 g/mol.